The summed E-state index contributed by atoms with van der Waals surface area (Å²) in [6, 6.07) is 8.84. The van der Waals surface area contributed by atoms with Crippen molar-refractivity contribution in [2.75, 3.05) is 5.84 Å². The Morgan fingerprint density at radius 3 is 2.70 bits per heavy atom. The van der Waals surface area contributed by atoms with Crippen LogP contribution in [0.25, 0.3) is 11.4 Å². The van der Waals surface area contributed by atoms with Crippen LogP contribution in [0.1, 0.15) is 5.56 Å². The first-order chi connectivity index (χ1) is 11.1. The second-order valence-corrected chi connectivity index (χ2v) is 6.69. The first-order valence-electron chi connectivity index (χ1n) is 6.44. The van der Waals surface area contributed by atoms with E-state index < -0.39 is 0 Å². The maximum atomic E-state index is 6.19. The number of nitrogens with two attached hydrogens (primary N) is 1. The summed E-state index contributed by atoms with van der Waals surface area (Å²) >= 11 is 19.5. The number of hydrogen-bond acceptors (Lipinski definition) is 5. The molecule has 3 aromatic rings. The van der Waals surface area contributed by atoms with Gasteiger partial charge in [-0.1, -0.05) is 52.6 Å². The molecule has 3 rings (SSSR count). The lowest BCUT2D eigenvalue weighted by molar-refractivity contribution is 0.849. The largest absolute Gasteiger partial charge is 0.335 e. The Labute approximate surface area is 151 Å². The van der Waals surface area contributed by atoms with E-state index in [1.807, 2.05) is 12.1 Å². The topological polar surface area (TPSA) is 69.6 Å². The highest BCUT2D eigenvalue weighted by Gasteiger charge is 2.15. The fraction of sp³-hybridized carbons (Fsp3) is 0.0714. The van der Waals surface area contributed by atoms with E-state index in [9.17, 15) is 0 Å². The van der Waals surface area contributed by atoms with Crippen LogP contribution < -0.4 is 5.84 Å². The zero-order valence-corrected chi connectivity index (χ0v) is 14.7. The molecule has 0 amide bonds. The van der Waals surface area contributed by atoms with Crippen molar-refractivity contribution in [3.8, 4) is 11.4 Å². The normalized spacial score (nSPS) is 10.9. The number of thioether (sulfide) groups is 1. The zero-order chi connectivity index (χ0) is 16.4. The third-order valence-electron chi connectivity index (χ3n) is 3.03. The van der Waals surface area contributed by atoms with Gasteiger partial charge in [-0.3, -0.25) is 0 Å². The molecule has 0 aliphatic carbocycles. The molecule has 0 unspecified atom stereocenters. The predicted molar refractivity (Wildman–Crippen MR) is 94.4 cm³/mol. The molecule has 23 heavy (non-hydrogen) atoms. The highest BCUT2D eigenvalue weighted by Crippen LogP contribution is 2.31. The lowest BCUT2D eigenvalue weighted by Gasteiger charge is -2.06. The van der Waals surface area contributed by atoms with Crippen LogP contribution in [0.15, 0.2) is 41.7 Å². The van der Waals surface area contributed by atoms with Crippen molar-refractivity contribution < 1.29 is 0 Å². The molecule has 2 heterocycles. The summed E-state index contributed by atoms with van der Waals surface area (Å²) in [5.41, 5.74) is 1.56. The standard InChI is InChI=1S/C14H10Cl3N5S/c15-9-3-4-10(11(16)6-9)13-20-21-14(22(13)18)23-7-8-2-1-5-19-12(8)17/h1-6H,7,18H2. The molecule has 0 saturated heterocycles. The van der Waals surface area contributed by atoms with E-state index in [-0.39, 0.29) is 0 Å². The van der Waals surface area contributed by atoms with Crippen LogP contribution >= 0.6 is 46.6 Å². The Hall–Kier alpha value is -1.47. The van der Waals surface area contributed by atoms with E-state index in [2.05, 4.69) is 15.2 Å². The van der Waals surface area contributed by atoms with Gasteiger partial charge in [0.25, 0.3) is 0 Å². The molecule has 2 aromatic heterocycles. The van der Waals surface area contributed by atoms with Crippen molar-refractivity contribution in [1.82, 2.24) is 19.9 Å². The molecule has 2 N–H and O–H groups in total. The van der Waals surface area contributed by atoms with Gasteiger partial charge < -0.3 is 5.84 Å². The molecule has 0 saturated carbocycles. The minimum atomic E-state index is 0.462. The first-order valence-corrected chi connectivity index (χ1v) is 8.56. The Kier molecular flexibility index (Phi) is 4.96. The van der Waals surface area contributed by atoms with Crippen molar-refractivity contribution in [1.29, 1.82) is 0 Å². The van der Waals surface area contributed by atoms with E-state index in [4.69, 9.17) is 40.6 Å². The maximum absolute atomic E-state index is 6.19. The van der Waals surface area contributed by atoms with Crippen LogP contribution in [0.2, 0.25) is 15.2 Å². The van der Waals surface area contributed by atoms with Crippen LogP contribution in [-0.4, -0.2) is 19.9 Å². The highest BCUT2D eigenvalue weighted by atomic mass is 35.5. The predicted octanol–water partition coefficient (Wildman–Crippen LogP) is 4.31. The van der Waals surface area contributed by atoms with Crippen molar-refractivity contribution in [2.45, 2.75) is 10.9 Å². The van der Waals surface area contributed by atoms with Gasteiger partial charge in [-0.05, 0) is 29.8 Å². The van der Waals surface area contributed by atoms with Gasteiger partial charge in [0.1, 0.15) is 5.15 Å². The zero-order valence-electron chi connectivity index (χ0n) is 11.6. The summed E-state index contributed by atoms with van der Waals surface area (Å²) in [5, 5.41) is 10.2. The molecule has 118 valence electrons. The maximum Gasteiger partial charge on any atom is 0.210 e. The minimum Gasteiger partial charge on any atom is -0.335 e. The summed E-state index contributed by atoms with van der Waals surface area (Å²) in [4.78, 5) is 4.03. The van der Waals surface area contributed by atoms with Crippen LogP contribution in [0.3, 0.4) is 0 Å². The smallest absolute Gasteiger partial charge is 0.210 e. The number of rotatable bonds is 4. The molecule has 0 aliphatic heterocycles. The number of halogens is 3. The van der Waals surface area contributed by atoms with Crippen molar-refractivity contribution in [3.63, 3.8) is 0 Å². The van der Waals surface area contributed by atoms with Crippen LogP contribution in [-0.2, 0) is 5.75 Å². The van der Waals surface area contributed by atoms with Gasteiger partial charge >= 0.3 is 0 Å². The molecule has 0 aliphatic rings. The van der Waals surface area contributed by atoms with E-state index in [0.29, 0.717) is 37.5 Å². The van der Waals surface area contributed by atoms with E-state index in [1.165, 1.54) is 16.4 Å². The van der Waals surface area contributed by atoms with Crippen LogP contribution in [0, 0.1) is 0 Å². The summed E-state index contributed by atoms with van der Waals surface area (Å²) < 4.78 is 1.39. The second-order valence-electron chi connectivity index (χ2n) is 4.54. The molecule has 1 aromatic carbocycles. The average molecular weight is 387 g/mol. The van der Waals surface area contributed by atoms with Gasteiger partial charge in [0, 0.05) is 22.5 Å². The first kappa shape index (κ1) is 16.4. The van der Waals surface area contributed by atoms with Gasteiger partial charge in [0.05, 0.1) is 5.02 Å². The summed E-state index contributed by atoms with van der Waals surface area (Å²) in [5.74, 6) is 7.12. The van der Waals surface area contributed by atoms with Crippen molar-refractivity contribution in [3.05, 3.63) is 57.3 Å². The summed E-state index contributed by atoms with van der Waals surface area (Å²) in [7, 11) is 0. The average Bonchev–Trinajstić information content (AvgIpc) is 2.88. The van der Waals surface area contributed by atoms with Gasteiger partial charge in [-0.15, -0.1) is 10.2 Å². The van der Waals surface area contributed by atoms with Crippen molar-refractivity contribution >= 4 is 46.6 Å². The third kappa shape index (κ3) is 3.55. The second kappa shape index (κ2) is 6.97. The lowest BCUT2D eigenvalue weighted by atomic mass is 10.2. The summed E-state index contributed by atoms with van der Waals surface area (Å²) in [6.07, 6.45) is 1.64. The number of nitrogens with zero attached hydrogens (tertiary/aromatic N) is 4. The van der Waals surface area contributed by atoms with Gasteiger partial charge in [0.15, 0.2) is 5.82 Å². The SMILES string of the molecule is Nn1c(SCc2cccnc2Cl)nnc1-c1ccc(Cl)cc1Cl. The van der Waals surface area contributed by atoms with E-state index >= 15 is 0 Å². The number of nitrogen functional groups attached to an aromatic ring is 1. The third-order valence-corrected chi connectivity index (χ3v) is 4.91. The molecular formula is C14H10Cl3N5S. The van der Waals surface area contributed by atoms with Gasteiger partial charge in [-0.25, -0.2) is 9.66 Å². The van der Waals surface area contributed by atoms with Gasteiger partial charge in [-0.2, -0.15) is 0 Å². The molecule has 0 radical (unpaired) electrons. The minimum absolute atomic E-state index is 0.462. The molecule has 0 atom stereocenters. The van der Waals surface area contributed by atoms with Crippen LogP contribution in [0.4, 0.5) is 0 Å². The fourth-order valence-corrected chi connectivity index (χ4v) is 3.50. The van der Waals surface area contributed by atoms with Crippen molar-refractivity contribution in [2.24, 2.45) is 0 Å². The molecular weight excluding hydrogens is 377 g/mol. The quantitative estimate of drug-likeness (QED) is 0.411. The Morgan fingerprint density at radius 2 is 1.96 bits per heavy atom. The Balaban J connectivity index is 1.83. The Morgan fingerprint density at radius 1 is 1.13 bits per heavy atom. The Bertz CT molecular complexity index is 852. The van der Waals surface area contributed by atoms with E-state index in [0.717, 1.165) is 5.56 Å². The number of benzene rings is 1. The molecule has 0 bridgehead atoms. The molecule has 9 heteroatoms. The lowest BCUT2D eigenvalue weighted by Crippen LogP contribution is -2.11. The number of pyridine rings is 1. The monoisotopic (exact) mass is 385 g/mol. The van der Waals surface area contributed by atoms with E-state index in [1.54, 1.807) is 24.4 Å². The molecule has 5 nitrogen and oxygen atoms in total. The molecule has 0 fully saturated rings. The number of hydrogen-bond donors (Lipinski definition) is 1. The summed E-state index contributed by atoms with van der Waals surface area (Å²) in [6.45, 7) is 0. The fourth-order valence-electron chi connectivity index (χ4n) is 1.90. The van der Waals surface area contributed by atoms with Crippen LogP contribution in [0.5, 0.6) is 0 Å². The van der Waals surface area contributed by atoms with Gasteiger partial charge in [0.2, 0.25) is 5.16 Å². The number of aromatic nitrogens is 4. The highest BCUT2D eigenvalue weighted by molar-refractivity contribution is 7.98. The molecule has 0 spiro atoms.